The Labute approximate surface area is 115 Å². The molecule has 0 bridgehead atoms. The van der Waals surface area contributed by atoms with E-state index in [9.17, 15) is 13.5 Å². The van der Waals surface area contributed by atoms with Crippen molar-refractivity contribution in [3.63, 3.8) is 0 Å². The van der Waals surface area contributed by atoms with Crippen LogP contribution in [0, 0.1) is 5.92 Å². The van der Waals surface area contributed by atoms with Gasteiger partial charge in [-0.3, -0.25) is 4.31 Å². The van der Waals surface area contributed by atoms with E-state index in [-0.39, 0.29) is 11.7 Å². The Morgan fingerprint density at radius 1 is 1.37 bits per heavy atom. The molecule has 1 aliphatic heterocycles. The lowest BCUT2D eigenvalue weighted by Crippen LogP contribution is -2.35. The summed E-state index contributed by atoms with van der Waals surface area (Å²) in [6.07, 6.45) is 0.702. The van der Waals surface area contributed by atoms with Crippen molar-refractivity contribution in [3.05, 3.63) is 29.8 Å². The zero-order valence-electron chi connectivity index (χ0n) is 11.4. The highest BCUT2D eigenvalue weighted by Gasteiger charge is 2.29. The van der Waals surface area contributed by atoms with Crippen molar-refractivity contribution in [2.75, 3.05) is 16.6 Å². The van der Waals surface area contributed by atoms with Crippen LogP contribution in [-0.2, 0) is 10.0 Å². The second-order valence-electron chi connectivity index (χ2n) is 5.46. The van der Waals surface area contributed by atoms with Gasteiger partial charge in [0.2, 0.25) is 10.0 Å². The molecule has 1 atom stereocenters. The van der Waals surface area contributed by atoms with Crippen molar-refractivity contribution in [1.29, 1.82) is 0 Å². The standard InChI is InChI=1S/C14H21NO3S/c1-11(2)10-19(17,18)15-9-5-8-14(16)12-6-3-4-7-13(12)15/h3-4,6-7,11,14,16H,5,8-10H2,1-2H3. The Hall–Kier alpha value is -1.07. The summed E-state index contributed by atoms with van der Waals surface area (Å²) in [5.41, 5.74) is 1.35. The van der Waals surface area contributed by atoms with E-state index in [0.717, 1.165) is 0 Å². The number of aliphatic hydroxyl groups is 1. The van der Waals surface area contributed by atoms with Crippen molar-refractivity contribution in [2.45, 2.75) is 32.8 Å². The van der Waals surface area contributed by atoms with E-state index in [1.54, 1.807) is 6.07 Å². The number of para-hydroxylation sites is 1. The lowest BCUT2D eigenvalue weighted by atomic mass is 10.1. The molecule has 1 aromatic rings. The van der Waals surface area contributed by atoms with Gasteiger partial charge in [-0.25, -0.2) is 8.42 Å². The molecule has 1 heterocycles. The number of sulfonamides is 1. The molecule has 4 nitrogen and oxygen atoms in total. The van der Waals surface area contributed by atoms with Crippen LogP contribution in [0.1, 0.15) is 38.4 Å². The topological polar surface area (TPSA) is 57.6 Å². The van der Waals surface area contributed by atoms with Gasteiger partial charge in [0.1, 0.15) is 0 Å². The Morgan fingerprint density at radius 2 is 2.05 bits per heavy atom. The van der Waals surface area contributed by atoms with Crippen LogP contribution >= 0.6 is 0 Å². The molecule has 0 fully saturated rings. The van der Waals surface area contributed by atoms with Crippen molar-refractivity contribution >= 4 is 15.7 Å². The summed E-state index contributed by atoms with van der Waals surface area (Å²) < 4.78 is 26.4. The minimum atomic E-state index is -3.32. The Morgan fingerprint density at radius 3 is 2.74 bits per heavy atom. The predicted octanol–water partition coefficient (Wildman–Crippen LogP) is 2.31. The summed E-state index contributed by atoms with van der Waals surface area (Å²) in [7, 11) is -3.32. The maximum Gasteiger partial charge on any atom is 0.235 e. The van der Waals surface area contributed by atoms with E-state index in [1.807, 2.05) is 32.0 Å². The average Bonchev–Trinajstić information content (AvgIpc) is 2.48. The minimum Gasteiger partial charge on any atom is -0.388 e. The first-order chi connectivity index (χ1) is 8.92. The zero-order chi connectivity index (χ0) is 14.0. The molecule has 5 heteroatoms. The molecule has 1 aromatic carbocycles. The molecule has 19 heavy (non-hydrogen) atoms. The first kappa shape index (κ1) is 14.3. The van der Waals surface area contributed by atoms with Gasteiger partial charge in [0.15, 0.2) is 0 Å². The molecule has 0 aromatic heterocycles. The van der Waals surface area contributed by atoms with Crippen LogP contribution in [0.3, 0.4) is 0 Å². The van der Waals surface area contributed by atoms with Crippen molar-refractivity contribution in [3.8, 4) is 0 Å². The molecule has 0 saturated carbocycles. The van der Waals surface area contributed by atoms with Gasteiger partial charge >= 0.3 is 0 Å². The number of aliphatic hydroxyl groups excluding tert-OH is 1. The fraction of sp³-hybridized carbons (Fsp3) is 0.571. The Balaban J connectivity index is 2.44. The molecule has 0 saturated heterocycles. The van der Waals surface area contributed by atoms with Gasteiger partial charge in [0.25, 0.3) is 0 Å². The molecule has 106 valence electrons. The third-order valence-electron chi connectivity index (χ3n) is 3.28. The van der Waals surface area contributed by atoms with E-state index in [2.05, 4.69) is 0 Å². The summed E-state index contributed by atoms with van der Waals surface area (Å²) in [5.74, 6) is 0.225. The van der Waals surface area contributed by atoms with E-state index in [1.165, 1.54) is 4.31 Å². The number of hydrogen-bond acceptors (Lipinski definition) is 3. The molecular weight excluding hydrogens is 262 g/mol. The van der Waals surface area contributed by atoms with E-state index < -0.39 is 16.1 Å². The largest absolute Gasteiger partial charge is 0.388 e. The van der Waals surface area contributed by atoms with Crippen LogP contribution in [0.5, 0.6) is 0 Å². The predicted molar refractivity (Wildman–Crippen MR) is 76.6 cm³/mol. The molecule has 0 radical (unpaired) electrons. The molecule has 2 rings (SSSR count). The monoisotopic (exact) mass is 283 g/mol. The van der Waals surface area contributed by atoms with E-state index in [4.69, 9.17) is 0 Å². The smallest absolute Gasteiger partial charge is 0.235 e. The van der Waals surface area contributed by atoms with Gasteiger partial charge in [-0.05, 0) is 24.8 Å². The number of fused-ring (bicyclic) bond motifs is 1. The second-order valence-corrected chi connectivity index (χ2v) is 7.40. The first-order valence-corrected chi connectivity index (χ1v) is 8.30. The summed E-state index contributed by atoms with van der Waals surface area (Å²) in [5, 5.41) is 10.1. The maximum atomic E-state index is 12.5. The maximum absolute atomic E-state index is 12.5. The lowest BCUT2D eigenvalue weighted by molar-refractivity contribution is 0.168. The SMILES string of the molecule is CC(C)CS(=O)(=O)N1CCCC(O)c2ccccc21. The van der Waals surface area contributed by atoms with Gasteiger partial charge in [0, 0.05) is 12.1 Å². The summed E-state index contributed by atoms with van der Waals surface area (Å²) in [6.45, 7) is 4.25. The second kappa shape index (κ2) is 5.51. The van der Waals surface area contributed by atoms with Crippen molar-refractivity contribution < 1.29 is 13.5 Å². The number of benzene rings is 1. The average molecular weight is 283 g/mol. The van der Waals surface area contributed by atoms with Gasteiger partial charge in [-0.2, -0.15) is 0 Å². The summed E-state index contributed by atoms with van der Waals surface area (Å²) >= 11 is 0. The molecular formula is C14H21NO3S. The first-order valence-electron chi connectivity index (χ1n) is 6.69. The van der Waals surface area contributed by atoms with Crippen LogP contribution < -0.4 is 4.31 Å². The van der Waals surface area contributed by atoms with Crippen LogP contribution in [0.2, 0.25) is 0 Å². The highest BCUT2D eigenvalue weighted by molar-refractivity contribution is 7.92. The van der Waals surface area contributed by atoms with Gasteiger partial charge in [-0.1, -0.05) is 32.0 Å². The third-order valence-corrected chi connectivity index (χ3v) is 5.42. The van der Waals surface area contributed by atoms with Crippen molar-refractivity contribution in [2.24, 2.45) is 5.92 Å². The van der Waals surface area contributed by atoms with Crippen molar-refractivity contribution in [1.82, 2.24) is 0 Å². The Kier molecular flexibility index (Phi) is 4.16. The highest BCUT2D eigenvalue weighted by Crippen LogP contribution is 2.34. The minimum absolute atomic E-state index is 0.0883. The third kappa shape index (κ3) is 3.09. The van der Waals surface area contributed by atoms with Crippen LogP contribution in [0.25, 0.3) is 0 Å². The molecule has 1 N–H and O–H groups in total. The summed E-state index contributed by atoms with van der Waals surface area (Å²) in [6, 6.07) is 7.24. The highest BCUT2D eigenvalue weighted by atomic mass is 32.2. The fourth-order valence-corrected chi connectivity index (χ4v) is 4.40. The van der Waals surface area contributed by atoms with Gasteiger partial charge in [0.05, 0.1) is 17.5 Å². The number of anilines is 1. The fourth-order valence-electron chi connectivity index (χ4n) is 2.50. The summed E-state index contributed by atoms with van der Waals surface area (Å²) in [4.78, 5) is 0. The van der Waals surface area contributed by atoms with E-state index in [0.29, 0.717) is 30.6 Å². The van der Waals surface area contributed by atoms with Crippen LogP contribution in [0.15, 0.2) is 24.3 Å². The quantitative estimate of drug-likeness (QED) is 0.926. The molecule has 0 aliphatic carbocycles. The molecule has 0 spiro atoms. The lowest BCUT2D eigenvalue weighted by Gasteiger charge is -2.25. The normalized spacial score (nSPS) is 20.2. The number of rotatable bonds is 3. The Bertz CT molecular complexity index is 539. The zero-order valence-corrected chi connectivity index (χ0v) is 12.2. The van der Waals surface area contributed by atoms with Gasteiger partial charge in [-0.15, -0.1) is 0 Å². The molecule has 1 aliphatic rings. The molecule has 0 amide bonds. The number of hydrogen-bond donors (Lipinski definition) is 1. The van der Waals surface area contributed by atoms with E-state index >= 15 is 0 Å². The molecule has 1 unspecified atom stereocenters. The van der Waals surface area contributed by atoms with Gasteiger partial charge < -0.3 is 5.11 Å². The van der Waals surface area contributed by atoms with Crippen LogP contribution in [-0.4, -0.2) is 25.8 Å². The van der Waals surface area contributed by atoms with Crippen LogP contribution in [0.4, 0.5) is 5.69 Å². The number of nitrogens with zero attached hydrogens (tertiary/aromatic N) is 1.